The summed E-state index contributed by atoms with van der Waals surface area (Å²) in [6.07, 6.45) is 13.9. The molecule has 4 heteroatoms. The number of hydrogen-bond donors (Lipinski definition) is 0. The highest BCUT2D eigenvalue weighted by Gasteiger charge is 2.39. The van der Waals surface area contributed by atoms with Gasteiger partial charge in [-0.15, -0.1) is 0 Å². The van der Waals surface area contributed by atoms with Crippen molar-refractivity contribution < 1.29 is 18.9 Å². The zero-order valence-electron chi connectivity index (χ0n) is 15.8. The van der Waals surface area contributed by atoms with Crippen LogP contribution in [0.15, 0.2) is 0 Å². The molecule has 1 aliphatic rings. The summed E-state index contributed by atoms with van der Waals surface area (Å²) in [5, 5.41) is 0. The molecular formula is C19H38O4. The molecule has 1 saturated carbocycles. The van der Waals surface area contributed by atoms with Gasteiger partial charge in [0, 0.05) is 33.9 Å². The van der Waals surface area contributed by atoms with Crippen molar-refractivity contribution in [2.45, 2.75) is 89.6 Å². The van der Waals surface area contributed by atoms with Crippen molar-refractivity contribution in [2.24, 2.45) is 5.92 Å². The molecule has 1 atom stereocenters. The summed E-state index contributed by atoms with van der Waals surface area (Å²) in [6, 6.07) is 0. The molecule has 1 fully saturated rings. The van der Waals surface area contributed by atoms with E-state index in [-0.39, 0.29) is 5.92 Å². The smallest absolute Gasteiger partial charge is 0.285 e. The van der Waals surface area contributed by atoms with E-state index in [0.717, 1.165) is 25.9 Å². The second-order valence-corrected chi connectivity index (χ2v) is 6.68. The predicted octanol–water partition coefficient (Wildman–Crippen LogP) is 4.91. The van der Waals surface area contributed by atoms with E-state index in [1.54, 1.807) is 21.3 Å². The van der Waals surface area contributed by atoms with Crippen molar-refractivity contribution in [3.05, 3.63) is 0 Å². The van der Waals surface area contributed by atoms with Crippen molar-refractivity contribution in [2.75, 3.05) is 27.9 Å². The Kier molecular flexibility index (Phi) is 11.1. The molecule has 0 aromatic rings. The molecule has 1 aliphatic carbocycles. The van der Waals surface area contributed by atoms with Gasteiger partial charge >= 0.3 is 0 Å². The van der Waals surface area contributed by atoms with E-state index < -0.39 is 5.97 Å². The number of hydrogen-bond acceptors (Lipinski definition) is 4. The Morgan fingerprint density at radius 1 is 0.826 bits per heavy atom. The molecule has 0 unspecified atom stereocenters. The first-order chi connectivity index (χ1) is 11.2. The standard InChI is InChI=1S/C19H38O4/c1-5-6-7-8-9-10-12-17(19(20-2,21-3)22-4)13-11-16-23-18-14-15-18/h17-18H,5-16H2,1-4H3/t17-/m1/s1. The van der Waals surface area contributed by atoms with E-state index in [4.69, 9.17) is 18.9 Å². The Hall–Kier alpha value is -0.160. The van der Waals surface area contributed by atoms with Gasteiger partial charge in [0.25, 0.3) is 5.97 Å². The zero-order valence-corrected chi connectivity index (χ0v) is 15.8. The van der Waals surface area contributed by atoms with Gasteiger partial charge in [-0.05, 0) is 32.1 Å². The molecule has 0 aromatic heterocycles. The summed E-state index contributed by atoms with van der Waals surface area (Å²) in [6.45, 7) is 3.09. The first-order valence-electron chi connectivity index (χ1n) is 9.49. The molecule has 0 radical (unpaired) electrons. The quantitative estimate of drug-likeness (QED) is 0.298. The molecule has 0 amide bonds. The fraction of sp³-hybridized carbons (Fsp3) is 1.00. The minimum Gasteiger partial charge on any atom is -0.378 e. The minimum absolute atomic E-state index is 0.247. The van der Waals surface area contributed by atoms with Crippen LogP contribution >= 0.6 is 0 Å². The van der Waals surface area contributed by atoms with Crippen LogP contribution in [0.1, 0.15) is 77.6 Å². The SMILES string of the molecule is CCCCCCCC[C@H](CCCOC1CC1)C(OC)(OC)OC. The van der Waals surface area contributed by atoms with Crippen LogP contribution in [0.3, 0.4) is 0 Å². The van der Waals surface area contributed by atoms with Gasteiger partial charge in [-0.3, -0.25) is 0 Å². The van der Waals surface area contributed by atoms with Gasteiger partial charge < -0.3 is 18.9 Å². The predicted molar refractivity (Wildman–Crippen MR) is 93.4 cm³/mol. The summed E-state index contributed by atoms with van der Waals surface area (Å²) >= 11 is 0. The van der Waals surface area contributed by atoms with Crippen molar-refractivity contribution in [3.8, 4) is 0 Å². The van der Waals surface area contributed by atoms with Crippen molar-refractivity contribution >= 4 is 0 Å². The number of ether oxygens (including phenoxy) is 4. The van der Waals surface area contributed by atoms with Gasteiger partial charge in [0.1, 0.15) is 0 Å². The zero-order chi connectivity index (χ0) is 17.0. The third-order valence-electron chi connectivity index (χ3n) is 4.83. The number of methoxy groups -OCH3 is 3. The van der Waals surface area contributed by atoms with Crippen LogP contribution in [-0.4, -0.2) is 40.0 Å². The molecule has 4 nitrogen and oxygen atoms in total. The Bertz CT molecular complexity index is 266. The maximum Gasteiger partial charge on any atom is 0.285 e. The van der Waals surface area contributed by atoms with Crippen LogP contribution < -0.4 is 0 Å². The second-order valence-electron chi connectivity index (χ2n) is 6.68. The second kappa shape index (κ2) is 12.2. The van der Waals surface area contributed by atoms with E-state index in [9.17, 15) is 0 Å². The van der Waals surface area contributed by atoms with E-state index in [0.29, 0.717) is 6.10 Å². The molecule has 0 aromatic carbocycles. The molecule has 0 saturated heterocycles. The normalized spacial score (nSPS) is 16.7. The van der Waals surface area contributed by atoms with E-state index in [2.05, 4.69) is 6.92 Å². The fourth-order valence-electron chi connectivity index (χ4n) is 3.23. The number of unbranched alkanes of at least 4 members (excludes halogenated alkanes) is 5. The van der Waals surface area contributed by atoms with Crippen LogP contribution in [0.2, 0.25) is 0 Å². The van der Waals surface area contributed by atoms with Crippen LogP contribution in [-0.2, 0) is 18.9 Å². The third kappa shape index (κ3) is 7.97. The lowest BCUT2D eigenvalue weighted by Crippen LogP contribution is -2.44. The molecule has 0 spiro atoms. The lowest BCUT2D eigenvalue weighted by Gasteiger charge is -2.36. The average molecular weight is 331 g/mol. The van der Waals surface area contributed by atoms with Crippen molar-refractivity contribution in [3.63, 3.8) is 0 Å². The lowest BCUT2D eigenvalue weighted by atomic mass is 9.93. The third-order valence-corrected chi connectivity index (χ3v) is 4.83. The monoisotopic (exact) mass is 330 g/mol. The molecule has 0 heterocycles. The van der Waals surface area contributed by atoms with E-state index >= 15 is 0 Å². The largest absolute Gasteiger partial charge is 0.378 e. The Morgan fingerprint density at radius 3 is 1.96 bits per heavy atom. The number of rotatable bonds is 16. The molecule has 23 heavy (non-hydrogen) atoms. The summed E-state index contributed by atoms with van der Waals surface area (Å²) < 4.78 is 22.6. The minimum atomic E-state index is -0.914. The first-order valence-corrected chi connectivity index (χ1v) is 9.49. The Balaban J connectivity index is 2.35. The topological polar surface area (TPSA) is 36.9 Å². The molecule has 138 valence electrons. The summed E-state index contributed by atoms with van der Waals surface area (Å²) in [5.41, 5.74) is 0. The van der Waals surface area contributed by atoms with Crippen LogP contribution in [0, 0.1) is 5.92 Å². The maximum absolute atomic E-state index is 5.76. The lowest BCUT2D eigenvalue weighted by molar-refractivity contribution is -0.380. The van der Waals surface area contributed by atoms with Gasteiger partial charge in [0.15, 0.2) is 0 Å². The van der Waals surface area contributed by atoms with Crippen molar-refractivity contribution in [1.82, 2.24) is 0 Å². The van der Waals surface area contributed by atoms with Crippen molar-refractivity contribution in [1.29, 1.82) is 0 Å². The summed E-state index contributed by atoms with van der Waals surface area (Å²) in [4.78, 5) is 0. The highest BCUT2D eigenvalue weighted by molar-refractivity contribution is 4.74. The molecule has 0 aliphatic heterocycles. The average Bonchev–Trinajstić information content (AvgIpc) is 3.40. The van der Waals surface area contributed by atoms with Gasteiger partial charge in [0.05, 0.1) is 6.10 Å². The Labute approximate surface area is 143 Å². The molecular weight excluding hydrogens is 292 g/mol. The van der Waals surface area contributed by atoms with Crippen LogP contribution in [0.25, 0.3) is 0 Å². The summed E-state index contributed by atoms with van der Waals surface area (Å²) in [5.74, 6) is -0.667. The van der Waals surface area contributed by atoms with Gasteiger partial charge in [0.2, 0.25) is 0 Å². The maximum atomic E-state index is 5.76. The summed E-state index contributed by atoms with van der Waals surface area (Å²) in [7, 11) is 5.01. The van der Waals surface area contributed by atoms with Gasteiger partial charge in [-0.25, -0.2) is 0 Å². The molecule has 0 bridgehead atoms. The fourth-order valence-corrected chi connectivity index (χ4v) is 3.23. The van der Waals surface area contributed by atoms with E-state index in [1.807, 2.05) is 0 Å². The van der Waals surface area contributed by atoms with Gasteiger partial charge in [-0.1, -0.05) is 45.4 Å². The molecule has 1 rings (SSSR count). The molecule has 0 N–H and O–H groups in total. The highest BCUT2D eigenvalue weighted by Crippen LogP contribution is 2.33. The highest BCUT2D eigenvalue weighted by atomic mass is 16.9. The van der Waals surface area contributed by atoms with Crippen LogP contribution in [0.4, 0.5) is 0 Å². The first kappa shape index (κ1) is 20.9. The van der Waals surface area contributed by atoms with Gasteiger partial charge in [-0.2, -0.15) is 0 Å². The van der Waals surface area contributed by atoms with Crippen LogP contribution in [0.5, 0.6) is 0 Å². The van der Waals surface area contributed by atoms with E-state index in [1.165, 1.54) is 51.4 Å². The Morgan fingerprint density at radius 2 is 1.39 bits per heavy atom.